The Morgan fingerprint density at radius 2 is 2.21 bits per heavy atom. The Morgan fingerprint density at radius 1 is 1.34 bits per heavy atom. The number of amides is 2. The van der Waals surface area contributed by atoms with Crippen molar-refractivity contribution in [2.24, 2.45) is 11.7 Å². The average molecular weight is 411 g/mol. The molecule has 1 aliphatic rings. The highest BCUT2D eigenvalue weighted by Gasteiger charge is 2.25. The van der Waals surface area contributed by atoms with E-state index in [1.54, 1.807) is 24.6 Å². The summed E-state index contributed by atoms with van der Waals surface area (Å²) in [6.45, 7) is 3.25. The highest BCUT2D eigenvalue weighted by atomic mass is 32.1. The Labute approximate surface area is 171 Å². The molecule has 0 saturated carbocycles. The van der Waals surface area contributed by atoms with Crippen LogP contribution in [-0.2, 0) is 4.79 Å². The van der Waals surface area contributed by atoms with Gasteiger partial charge in [-0.05, 0) is 44.0 Å². The lowest BCUT2D eigenvalue weighted by molar-refractivity contribution is -0.122. The molecule has 4 rings (SSSR count). The van der Waals surface area contributed by atoms with Gasteiger partial charge in [-0.25, -0.2) is 9.97 Å². The minimum absolute atomic E-state index is 0.152. The van der Waals surface area contributed by atoms with Crippen LogP contribution in [0.3, 0.4) is 0 Å². The molecule has 3 N–H and O–H groups in total. The summed E-state index contributed by atoms with van der Waals surface area (Å²) in [7, 11) is 0. The van der Waals surface area contributed by atoms with E-state index in [4.69, 9.17) is 10.2 Å². The predicted octanol–water partition coefficient (Wildman–Crippen LogP) is 3.06. The Bertz CT molecular complexity index is 1010. The molecule has 4 heterocycles. The zero-order valence-corrected chi connectivity index (χ0v) is 16.7. The molecule has 1 atom stereocenters. The second kappa shape index (κ2) is 8.04. The van der Waals surface area contributed by atoms with Crippen molar-refractivity contribution in [3.05, 3.63) is 47.3 Å². The van der Waals surface area contributed by atoms with Gasteiger partial charge >= 0.3 is 0 Å². The van der Waals surface area contributed by atoms with Gasteiger partial charge < -0.3 is 20.4 Å². The van der Waals surface area contributed by atoms with Gasteiger partial charge in [0.15, 0.2) is 10.8 Å². The van der Waals surface area contributed by atoms with Crippen LogP contribution in [0.5, 0.6) is 0 Å². The summed E-state index contributed by atoms with van der Waals surface area (Å²) in [6.07, 6.45) is 4.89. The van der Waals surface area contributed by atoms with E-state index >= 15 is 0 Å². The molecule has 0 radical (unpaired) electrons. The van der Waals surface area contributed by atoms with Crippen molar-refractivity contribution in [1.29, 1.82) is 0 Å². The minimum atomic E-state index is -0.294. The first-order chi connectivity index (χ1) is 14.0. The topological polar surface area (TPSA) is 114 Å². The van der Waals surface area contributed by atoms with Crippen LogP contribution in [0.4, 0.5) is 11.5 Å². The Kier molecular flexibility index (Phi) is 5.30. The maximum atomic E-state index is 12.6. The molecule has 9 heteroatoms. The number of piperidine rings is 1. The lowest BCUT2D eigenvalue weighted by Crippen LogP contribution is -2.41. The number of nitrogens with two attached hydrogens (primary N) is 1. The number of nitrogens with one attached hydrogen (secondary N) is 1. The van der Waals surface area contributed by atoms with Crippen LogP contribution in [0.2, 0.25) is 0 Å². The average Bonchev–Trinajstić information content (AvgIpc) is 3.38. The van der Waals surface area contributed by atoms with Gasteiger partial charge in [0, 0.05) is 18.0 Å². The molecule has 2 amide bonds. The quantitative estimate of drug-likeness (QED) is 0.667. The number of pyridine rings is 1. The van der Waals surface area contributed by atoms with Crippen LogP contribution in [-0.4, -0.2) is 34.9 Å². The molecule has 1 fully saturated rings. The Morgan fingerprint density at radius 3 is 2.90 bits per heavy atom. The lowest BCUT2D eigenvalue weighted by atomic mass is 9.97. The SMILES string of the molecule is Cc1sc(-c2ccco2)nc1C(=O)Nc1ccc(N2CCCC(C(N)=O)C2)nc1. The second-order valence-electron chi connectivity index (χ2n) is 6.95. The number of hydrogen-bond donors (Lipinski definition) is 2. The minimum Gasteiger partial charge on any atom is -0.462 e. The number of aromatic nitrogens is 2. The summed E-state index contributed by atoms with van der Waals surface area (Å²) in [5.74, 6) is 0.683. The van der Waals surface area contributed by atoms with Crippen LogP contribution in [0.25, 0.3) is 10.8 Å². The molecule has 1 aliphatic heterocycles. The summed E-state index contributed by atoms with van der Waals surface area (Å²) in [6, 6.07) is 7.23. The van der Waals surface area contributed by atoms with Crippen LogP contribution in [0, 0.1) is 12.8 Å². The van der Waals surface area contributed by atoms with Gasteiger partial charge in [-0.2, -0.15) is 0 Å². The highest BCUT2D eigenvalue weighted by molar-refractivity contribution is 7.15. The fourth-order valence-electron chi connectivity index (χ4n) is 3.37. The smallest absolute Gasteiger partial charge is 0.275 e. The number of hydrogen-bond acceptors (Lipinski definition) is 7. The van der Waals surface area contributed by atoms with E-state index in [0.29, 0.717) is 28.7 Å². The van der Waals surface area contributed by atoms with Crippen molar-refractivity contribution in [3.63, 3.8) is 0 Å². The maximum absolute atomic E-state index is 12.6. The number of nitrogens with zero attached hydrogens (tertiary/aromatic N) is 3. The van der Waals surface area contributed by atoms with E-state index in [1.807, 2.05) is 24.0 Å². The van der Waals surface area contributed by atoms with Crippen LogP contribution < -0.4 is 16.0 Å². The molecule has 3 aromatic rings. The van der Waals surface area contributed by atoms with Gasteiger partial charge in [0.1, 0.15) is 11.5 Å². The molecule has 8 nitrogen and oxygen atoms in total. The molecule has 3 aromatic heterocycles. The van der Waals surface area contributed by atoms with E-state index in [2.05, 4.69) is 15.3 Å². The summed E-state index contributed by atoms with van der Waals surface area (Å²) in [5, 5.41) is 3.50. The zero-order chi connectivity index (χ0) is 20.4. The van der Waals surface area contributed by atoms with Gasteiger partial charge in [0.2, 0.25) is 5.91 Å². The third-order valence-corrected chi connectivity index (χ3v) is 5.88. The van der Waals surface area contributed by atoms with E-state index < -0.39 is 0 Å². The van der Waals surface area contributed by atoms with Crippen molar-refractivity contribution < 1.29 is 14.0 Å². The second-order valence-corrected chi connectivity index (χ2v) is 8.15. The van der Waals surface area contributed by atoms with E-state index in [0.717, 1.165) is 30.1 Å². The molecule has 1 unspecified atom stereocenters. The fourth-order valence-corrected chi connectivity index (χ4v) is 4.25. The number of primary amides is 1. The standard InChI is InChI=1S/C20H21N5O3S/c1-12-17(24-20(29-12)15-5-3-9-28-15)19(27)23-14-6-7-16(22-10-14)25-8-2-4-13(11-25)18(21)26/h3,5-7,9-10,13H,2,4,8,11H2,1H3,(H2,21,26)(H,23,27). The van der Waals surface area contributed by atoms with Gasteiger partial charge in [-0.15, -0.1) is 11.3 Å². The first-order valence-corrected chi connectivity index (χ1v) is 10.2. The van der Waals surface area contributed by atoms with Gasteiger partial charge in [0.25, 0.3) is 5.91 Å². The van der Waals surface area contributed by atoms with Crippen LogP contribution >= 0.6 is 11.3 Å². The largest absolute Gasteiger partial charge is 0.462 e. The number of carbonyl (C=O) groups excluding carboxylic acids is 2. The summed E-state index contributed by atoms with van der Waals surface area (Å²) < 4.78 is 5.35. The Hall–Kier alpha value is -3.20. The number of thiazole rings is 1. The molecular formula is C20H21N5O3S. The Balaban J connectivity index is 1.44. The number of anilines is 2. The number of rotatable bonds is 5. The lowest BCUT2D eigenvalue weighted by Gasteiger charge is -2.32. The summed E-state index contributed by atoms with van der Waals surface area (Å²) in [5.41, 5.74) is 6.39. The number of aryl methyl sites for hydroxylation is 1. The summed E-state index contributed by atoms with van der Waals surface area (Å²) in [4.78, 5) is 35.8. The molecule has 0 aromatic carbocycles. The molecule has 150 valence electrons. The molecule has 1 saturated heterocycles. The highest BCUT2D eigenvalue weighted by Crippen LogP contribution is 2.28. The van der Waals surface area contributed by atoms with Gasteiger partial charge in [0.05, 0.1) is 24.1 Å². The van der Waals surface area contributed by atoms with Crippen LogP contribution in [0.1, 0.15) is 28.2 Å². The summed E-state index contributed by atoms with van der Waals surface area (Å²) >= 11 is 1.41. The van der Waals surface area contributed by atoms with Crippen molar-refractivity contribution in [2.75, 3.05) is 23.3 Å². The third kappa shape index (κ3) is 4.14. The molecule has 29 heavy (non-hydrogen) atoms. The van der Waals surface area contributed by atoms with Gasteiger partial charge in [-0.3, -0.25) is 9.59 Å². The maximum Gasteiger partial charge on any atom is 0.275 e. The van der Waals surface area contributed by atoms with Crippen LogP contribution in [0.15, 0.2) is 41.1 Å². The van der Waals surface area contributed by atoms with Crippen molar-refractivity contribution in [3.8, 4) is 10.8 Å². The van der Waals surface area contributed by atoms with E-state index in [9.17, 15) is 9.59 Å². The third-order valence-electron chi connectivity index (χ3n) is 4.90. The first kappa shape index (κ1) is 19.1. The molecule has 0 spiro atoms. The molecule has 0 bridgehead atoms. The van der Waals surface area contributed by atoms with Crippen molar-refractivity contribution in [2.45, 2.75) is 19.8 Å². The van der Waals surface area contributed by atoms with Crippen molar-refractivity contribution >= 4 is 34.7 Å². The predicted molar refractivity (Wildman–Crippen MR) is 111 cm³/mol. The number of furan rings is 1. The fraction of sp³-hybridized carbons (Fsp3) is 0.300. The molecular weight excluding hydrogens is 390 g/mol. The number of carbonyl (C=O) groups is 2. The van der Waals surface area contributed by atoms with E-state index in [-0.39, 0.29) is 17.7 Å². The zero-order valence-electron chi connectivity index (χ0n) is 15.9. The normalized spacial score (nSPS) is 16.6. The molecule has 0 aliphatic carbocycles. The van der Waals surface area contributed by atoms with E-state index in [1.165, 1.54) is 11.3 Å². The van der Waals surface area contributed by atoms with Gasteiger partial charge in [-0.1, -0.05) is 0 Å². The monoisotopic (exact) mass is 411 g/mol. The van der Waals surface area contributed by atoms with Crippen molar-refractivity contribution in [1.82, 2.24) is 9.97 Å². The first-order valence-electron chi connectivity index (χ1n) is 9.34.